The van der Waals surface area contributed by atoms with Gasteiger partial charge in [-0.3, -0.25) is 14.9 Å². The fourth-order valence-electron chi connectivity index (χ4n) is 3.11. The Balaban J connectivity index is 1.53. The molecule has 8 heteroatoms. The molecule has 1 aliphatic heterocycles. The van der Waals surface area contributed by atoms with Crippen LogP contribution in [0.4, 0.5) is 17.1 Å². The summed E-state index contributed by atoms with van der Waals surface area (Å²) in [5, 5.41) is 13.8. The van der Waals surface area contributed by atoms with Crippen molar-refractivity contribution in [2.45, 2.75) is 0 Å². The number of hydrogen-bond acceptors (Lipinski definition) is 6. The predicted molar refractivity (Wildman–Crippen MR) is 103 cm³/mol. The summed E-state index contributed by atoms with van der Waals surface area (Å²) in [5.74, 6) is 0.797. The summed E-state index contributed by atoms with van der Waals surface area (Å²) >= 11 is 0. The van der Waals surface area contributed by atoms with Crippen LogP contribution < -0.4 is 15.0 Å². The lowest BCUT2D eigenvalue weighted by Gasteiger charge is -2.36. The minimum Gasteiger partial charge on any atom is -0.495 e. The van der Waals surface area contributed by atoms with Crippen LogP contribution in [0, 0.1) is 10.1 Å². The molecular weight excluding hydrogens is 348 g/mol. The molecule has 2 aromatic rings. The molecule has 0 radical (unpaired) electrons. The van der Waals surface area contributed by atoms with Crippen molar-refractivity contribution in [3.63, 3.8) is 0 Å². The molecule has 1 saturated heterocycles. The molecule has 1 heterocycles. The van der Waals surface area contributed by atoms with Gasteiger partial charge in [-0.1, -0.05) is 18.2 Å². The first-order valence-corrected chi connectivity index (χ1v) is 8.72. The molecule has 0 unspecified atom stereocenters. The van der Waals surface area contributed by atoms with Gasteiger partial charge in [-0.25, -0.2) is 0 Å². The number of benzene rings is 2. The largest absolute Gasteiger partial charge is 0.495 e. The number of nitro benzene ring substituents is 1. The number of carbonyl (C=O) groups excluding carboxylic acids is 1. The highest BCUT2D eigenvalue weighted by Crippen LogP contribution is 2.28. The van der Waals surface area contributed by atoms with E-state index in [0.717, 1.165) is 24.5 Å². The number of nitrogens with zero attached hydrogens (tertiary/aromatic N) is 3. The van der Waals surface area contributed by atoms with E-state index in [0.29, 0.717) is 18.8 Å². The Bertz CT molecular complexity index is 819. The van der Waals surface area contributed by atoms with Crippen LogP contribution in [-0.4, -0.2) is 55.6 Å². The molecule has 8 nitrogen and oxygen atoms in total. The topological polar surface area (TPSA) is 88.0 Å². The van der Waals surface area contributed by atoms with E-state index in [4.69, 9.17) is 4.74 Å². The molecule has 0 spiro atoms. The van der Waals surface area contributed by atoms with E-state index in [-0.39, 0.29) is 18.1 Å². The zero-order chi connectivity index (χ0) is 19.2. The van der Waals surface area contributed by atoms with Crippen LogP contribution in [-0.2, 0) is 4.79 Å². The van der Waals surface area contributed by atoms with Crippen molar-refractivity contribution in [2.24, 2.45) is 0 Å². The van der Waals surface area contributed by atoms with Gasteiger partial charge < -0.3 is 19.9 Å². The van der Waals surface area contributed by atoms with Gasteiger partial charge in [0.05, 0.1) is 24.3 Å². The third kappa shape index (κ3) is 4.46. The number of ether oxygens (including phenoxy) is 1. The number of anilines is 2. The van der Waals surface area contributed by atoms with E-state index in [9.17, 15) is 14.9 Å². The smallest absolute Gasteiger partial charge is 0.271 e. The zero-order valence-electron chi connectivity index (χ0n) is 15.1. The summed E-state index contributed by atoms with van der Waals surface area (Å²) in [5.41, 5.74) is 1.59. The lowest BCUT2D eigenvalue weighted by atomic mass is 10.2. The Labute approximate surface area is 157 Å². The maximum absolute atomic E-state index is 12.4. The summed E-state index contributed by atoms with van der Waals surface area (Å²) in [6.45, 7) is 2.79. The minimum atomic E-state index is -0.454. The van der Waals surface area contributed by atoms with Gasteiger partial charge in [-0.2, -0.15) is 0 Å². The standard InChI is InChI=1S/C19H22N4O4/c1-27-18-8-3-2-7-17(18)21-9-11-22(12-10-21)19(24)14-20-15-5-4-6-16(13-15)23(25)26/h2-8,13,20H,9-12,14H2,1H3. The molecule has 0 saturated carbocycles. The number of hydrogen-bond donors (Lipinski definition) is 1. The number of nitrogens with one attached hydrogen (secondary N) is 1. The average Bonchev–Trinajstić information content (AvgIpc) is 2.72. The van der Waals surface area contributed by atoms with Crippen molar-refractivity contribution in [1.29, 1.82) is 0 Å². The maximum Gasteiger partial charge on any atom is 0.271 e. The number of methoxy groups -OCH3 is 1. The quantitative estimate of drug-likeness (QED) is 0.620. The van der Waals surface area contributed by atoms with Crippen molar-refractivity contribution < 1.29 is 14.5 Å². The molecule has 0 bridgehead atoms. The number of nitro groups is 1. The predicted octanol–water partition coefficient (Wildman–Crippen LogP) is 2.36. The summed E-state index contributed by atoms with van der Waals surface area (Å²) in [4.78, 5) is 26.8. The molecule has 0 aromatic heterocycles. The van der Waals surface area contributed by atoms with Crippen LogP contribution in [0.1, 0.15) is 0 Å². The number of non-ortho nitro benzene ring substituents is 1. The van der Waals surface area contributed by atoms with E-state index in [1.165, 1.54) is 12.1 Å². The second kappa shape index (κ2) is 8.39. The molecule has 1 amide bonds. The maximum atomic E-state index is 12.4. The highest BCUT2D eigenvalue weighted by Gasteiger charge is 2.22. The summed E-state index contributed by atoms with van der Waals surface area (Å²) in [6.07, 6.45) is 0. The Morgan fingerprint density at radius 2 is 1.89 bits per heavy atom. The second-order valence-electron chi connectivity index (χ2n) is 6.20. The van der Waals surface area contributed by atoms with Gasteiger partial charge in [0.25, 0.3) is 5.69 Å². The number of para-hydroxylation sites is 2. The van der Waals surface area contributed by atoms with Gasteiger partial charge in [0.15, 0.2) is 0 Å². The van der Waals surface area contributed by atoms with Crippen molar-refractivity contribution in [3.8, 4) is 5.75 Å². The number of rotatable bonds is 6. The molecule has 0 atom stereocenters. The van der Waals surface area contributed by atoms with Gasteiger partial charge in [0.1, 0.15) is 5.75 Å². The Hall–Kier alpha value is -3.29. The lowest BCUT2D eigenvalue weighted by molar-refractivity contribution is -0.384. The third-order valence-electron chi connectivity index (χ3n) is 4.56. The number of piperazine rings is 1. The SMILES string of the molecule is COc1ccccc1N1CCN(C(=O)CNc2cccc([N+](=O)[O-])c2)CC1. The second-order valence-corrected chi connectivity index (χ2v) is 6.20. The van der Waals surface area contributed by atoms with Crippen LogP contribution in [0.5, 0.6) is 5.75 Å². The number of amides is 1. The van der Waals surface area contributed by atoms with Crippen LogP contribution in [0.25, 0.3) is 0 Å². The highest BCUT2D eigenvalue weighted by molar-refractivity contribution is 5.81. The molecule has 3 rings (SSSR count). The van der Waals surface area contributed by atoms with Crippen molar-refractivity contribution in [3.05, 3.63) is 58.6 Å². The third-order valence-corrected chi connectivity index (χ3v) is 4.56. The van der Waals surface area contributed by atoms with E-state index in [1.807, 2.05) is 24.3 Å². The zero-order valence-corrected chi connectivity index (χ0v) is 15.1. The van der Waals surface area contributed by atoms with E-state index in [1.54, 1.807) is 24.1 Å². The van der Waals surface area contributed by atoms with Gasteiger partial charge in [-0.05, 0) is 18.2 Å². The molecule has 142 valence electrons. The lowest BCUT2D eigenvalue weighted by Crippen LogP contribution is -2.50. The molecule has 1 fully saturated rings. The van der Waals surface area contributed by atoms with Crippen molar-refractivity contribution in [1.82, 2.24) is 4.90 Å². The van der Waals surface area contributed by atoms with Gasteiger partial charge in [0.2, 0.25) is 5.91 Å². The van der Waals surface area contributed by atoms with Crippen LogP contribution >= 0.6 is 0 Å². The monoisotopic (exact) mass is 370 g/mol. The van der Waals surface area contributed by atoms with Crippen molar-refractivity contribution in [2.75, 3.05) is 50.1 Å². The van der Waals surface area contributed by atoms with Crippen molar-refractivity contribution >= 4 is 23.0 Å². The fraction of sp³-hybridized carbons (Fsp3) is 0.316. The highest BCUT2D eigenvalue weighted by atomic mass is 16.6. The summed E-state index contributed by atoms with van der Waals surface area (Å²) in [7, 11) is 1.65. The molecule has 27 heavy (non-hydrogen) atoms. The molecule has 1 aliphatic rings. The first-order valence-electron chi connectivity index (χ1n) is 8.72. The Morgan fingerprint density at radius 1 is 1.15 bits per heavy atom. The minimum absolute atomic E-state index is 0.00197. The normalized spacial score (nSPS) is 14.0. The van der Waals surface area contributed by atoms with Gasteiger partial charge >= 0.3 is 0 Å². The molecule has 0 aliphatic carbocycles. The Morgan fingerprint density at radius 3 is 2.59 bits per heavy atom. The molecular formula is C19H22N4O4. The van der Waals surface area contributed by atoms with E-state index >= 15 is 0 Å². The van der Waals surface area contributed by atoms with Gasteiger partial charge in [0, 0.05) is 44.0 Å². The fourth-order valence-corrected chi connectivity index (χ4v) is 3.11. The molecule has 2 aromatic carbocycles. The first-order chi connectivity index (χ1) is 13.1. The van der Waals surface area contributed by atoms with Gasteiger partial charge in [-0.15, -0.1) is 0 Å². The average molecular weight is 370 g/mol. The van der Waals surface area contributed by atoms with E-state index in [2.05, 4.69) is 10.2 Å². The van der Waals surface area contributed by atoms with E-state index < -0.39 is 4.92 Å². The Kier molecular flexibility index (Phi) is 5.75. The van der Waals surface area contributed by atoms with Crippen LogP contribution in [0.15, 0.2) is 48.5 Å². The van der Waals surface area contributed by atoms with Crippen LogP contribution in [0.3, 0.4) is 0 Å². The summed E-state index contributed by atoms with van der Waals surface area (Å²) < 4.78 is 5.41. The van der Waals surface area contributed by atoms with Crippen LogP contribution in [0.2, 0.25) is 0 Å². The number of carbonyl (C=O) groups is 1. The summed E-state index contributed by atoms with van der Waals surface area (Å²) in [6, 6.07) is 14.0. The molecule has 1 N–H and O–H groups in total. The first kappa shape index (κ1) is 18.5.